The lowest BCUT2D eigenvalue weighted by atomic mass is 10.1. The SMILES string of the molecule is COc1ccc(C(=O)N(C)Cc2ccnn2C)cc1OC. The lowest BCUT2D eigenvalue weighted by Crippen LogP contribution is -2.27. The van der Waals surface area contributed by atoms with Crippen LogP contribution in [-0.4, -0.2) is 41.9 Å². The van der Waals surface area contributed by atoms with Crippen LogP contribution in [-0.2, 0) is 13.6 Å². The fourth-order valence-corrected chi connectivity index (χ4v) is 2.06. The predicted molar refractivity (Wildman–Crippen MR) is 78.6 cm³/mol. The normalized spacial score (nSPS) is 10.3. The van der Waals surface area contributed by atoms with Crippen molar-refractivity contribution in [3.63, 3.8) is 0 Å². The molecule has 0 N–H and O–H groups in total. The molecule has 0 aliphatic heterocycles. The van der Waals surface area contributed by atoms with Crippen LogP contribution in [0.2, 0.25) is 0 Å². The molecule has 1 aromatic carbocycles. The van der Waals surface area contributed by atoms with Gasteiger partial charge in [-0.1, -0.05) is 0 Å². The van der Waals surface area contributed by atoms with Crippen molar-refractivity contribution < 1.29 is 14.3 Å². The summed E-state index contributed by atoms with van der Waals surface area (Å²) in [5.74, 6) is 1.05. The minimum Gasteiger partial charge on any atom is -0.493 e. The van der Waals surface area contributed by atoms with Gasteiger partial charge < -0.3 is 14.4 Å². The number of hydrogen-bond acceptors (Lipinski definition) is 4. The molecule has 0 radical (unpaired) electrons. The molecular formula is C15H19N3O3. The van der Waals surface area contributed by atoms with Crippen LogP contribution in [0.5, 0.6) is 11.5 Å². The number of nitrogens with zero attached hydrogens (tertiary/aromatic N) is 3. The molecular weight excluding hydrogens is 270 g/mol. The van der Waals surface area contributed by atoms with E-state index >= 15 is 0 Å². The van der Waals surface area contributed by atoms with Crippen molar-refractivity contribution >= 4 is 5.91 Å². The first-order valence-electron chi connectivity index (χ1n) is 6.51. The monoisotopic (exact) mass is 289 g/mol. The van der Waals surface area contributed by atoms with Crippen molar-refractivity contribution in [1.29, 1.82) is 0 Å². The molecule has 0 unspecified atom stereocenters. The Balaban J connectivity index is 2.17. The van der Waals surface area contributed by atoms with Crippen LogP contribution < -0.4 is 9.47 Å². The van der Waals surface area contributed by atoms with Crippen molar-refractivity contribution in [3.8, 4) is 11.5 Å². The number of hydrogen-bond donors (Lipinski definition) is 0. The van der Waals surface area contributed by atoms with Gasteiger partial charge in [0.1, 0.15) is 0 Å². The quantitative estimate of drug-likeness (QED) is 0.841. The fraction of sp³-hybridized carbons (Fsp3) is 0.333. The second-order valence-corrected chi connectivity index (χ2v) is 4.68. The van der Waals surface area contributed by atoms with Crippen LogP contribution in [0.4, 0.5) is 0 Å². The standard InChI is InChI=1S/C15H19N3O3/c1-17(10-12-7-8-16-18(12)2)15(19)11-5-6-13(20-3)14(9-11)21-4/h5-9H,10H2,1-4H3. The third kappa shape index (κ3) is 3.16. The van der Waals surface area contributed by atoms with E-state index in [1.54, 1.807) is 55.2 Å². The average Bonchev–Trinajstić information content (AvgIpc) is 2.90. The Morgan fingerprint density at radius 2 is 1.95 bits per heavy atom. The Hall–Kier alpha value is -2.50. The molecule has 2 rings (SSSR count). The molecule has 0 saturated heterocycles. The number of carbonyl (C=O) groups is 1. The first kappa shape index (κ1) is 14.9. The fourth-order valence-electron chi connectivity index (χ4n) is 2.06. The molecule has 6 nitrogen and oxygen atoms in total. The smallest absolute Gasteiger partial charge is 0.254 e. The van der Waals surface area contributed by atoms with Gasteiger partial charge in [0.2, 0.25) is 0 Å². The zero-order valence-electron chi connectivity index (χ0n) is 12.7. The number of benzene rings is 1. The van der Waals surface area contributed by atoms with Gasteiger partial charge in [-0.25, -0.2) is 0 Å². The van der Waals surface area contributed by atoms with Gasteiger partial charge in [-0.3, -0.25) is 9.48 Å². The van der Waals surface area contributed by atoms with Crippen LogP contribution in [0.1, 0.15) is 16.1 Å². The molecule has 1 amide bonds. The van der Waals surface area contributed by atoms with Crippen molar-refractivity contribution in [2.75, 3.05) is 21.3 Å². The van der Waals surface area contributed by atoms with E-state index in [-0.39, 0.29) is 5.91 Å². The summed E-state index contributed by atoms with van der Waals surface area (Å²) in [5, 5.41) is 4.09. The molecule has 0 spiro atoms. The van der Waals surface area contributed by atoms with E-state index in [0.29, 0.717) is 23.6 Å². The first-order chi connectivity index (χ1) is 10.1. The molecule has 1 aromatic heterocycles. The van der Waals surface area contributed by atoms with Crippen LogP contribution in [0.3, 0.4) is 0 Å². The minimum absolute atomic E-state index is 0.0860. The molecule has 0 atom stereocenters. The van der Waals surface area contributed by atoms with Crippen LogP contribution in [0.15, 0.2) is 30.5 Å². The molecule has 0 saturated carbocycles. The average molecular weight is 289 g/mol. The molecule has 21 heavy (non-hydrogen) atoms. The number of aromatic nitrogens is 2. The highest BCUT2D eigenvalue weighted by Gasteiger charge is 2.15. The van der Waals surface area contributed by atoms with Crippen LogP contribution in [0.25, 0.3) is 0 Å². The zero-order valence-corrected chi connectivity index (χ0v) is 12.7. The van der Waals surface area contributed by atoms with Crippen LogP contribution >= 0.6 is 0 Å². The molecule has 6 heteroatoms. The molecule has 1 heterocycles. The lowest BCUT2D eigenvalue weighted by molar-refractivity contribution is 0.0781. The van der Waals surface area contributed by atoms with Crippen molar-refractivity contribution in [2.24, 2.45) is 7.05 Å². The summed E-state index contributed by atoms with van der Waals surface area (Å²) in [6.07, 6.45) is 1.71. The highest BCUT2D eigenvalue weighted by atomic mass is 16.5. The Morgan fingerprint density at radius 3 is 2.52 bits per heavy atom. The molecule has 0 fully saturated rings. The van der Waals surface area contributed by atoms with E-state index in [1.807, 2.05) is 13.1 Å². The van der Waals surface area contributed by atoms with Crippen molar-refractivity contribution in [2.45, 2.75) is 6.54 Å². The molecule has 0 aliphatic rings. The Morgan fingerprint density at radius 1 is 1.24 bits per heavy atom. The van der Waals surface area contributed by atoms with Crippen LogP contribution in [0, 0.1) is 0 Å². The number of methoxy groups -OCH3 is 2. The summed E-state index contributed by atoms with van der Waals surface area (Å²) in [4.78, 5) is 14.1. The summed E-state index contributed by atoms with van der Waals surface area (Å²) in [6.45, 7) is 0.490. The summed E-state index contributed by atoms with van der Waals surface area (Å²) in [5.41, 5.74) is 1.52. The van der Waals surface area contributed by atoms with Gasteiger partial charge >= 0.3 is 0 Å². The van der Waals surface area contributed by atoms with Gasteiger partial charge in [-0.05, 0) is 24.3 Å². The molecule has 0 aliphatic carbocycles. The largest absolute Gasteiger partial charge is 0.493 e. The number of amides is 1. The highest BCUT2D eigenvalue weighted by Crippen LogP contribution is 2.28. The summed E-state index contributed by atoms with van der Waals surface area (Å²) in [6, 6.07) is 7.02. The number of rotatable bonds is 5. The van der Waals surface area contributed by atoms with E-state index in [2.05, 4.69) is 5.10 Å². The first-order valence-corrected chi connectivity index (χ1v) is 6.51. The number of ether oxygens (including phenoxy) is 2. The van der Waals surface area contributed by atoms with Gasteiger partial charge in [0.15, 0.2) is 11.5 Å². The van der Waals surface area contributed by atoms with Gasteiger partial charge in [-0.15, -0.1) is 0 Å². The molecule has 2 aromatic rings. The summed E-state index contributed by atoms with van der Waals surface area (Å²) < 4.78 is 12.1. The Labute approximate surface area is 123 Å². The number of aryl methyl sites for hydroxylation is 1. The van der Waals surface area contributed by atoms with Gasteiger partial charge in [0.25, 0.3) is 5.91 Å². The highest BCUT2D eigenvalue weighted by molar-refractivity contribution is 5.94. The third-order valence-corrected chi connectivity index (χ3v) is 3.30. The second kappa shape index (κ2) is 6.30. The maximum Gasteiger partial charge on any atom is 0.254 e. The van der Waals surface area contributed by atoms with E-state index in [1.165, 1.54) is 0 Å². The molecule has 112 valence electrons. The van der Waals surface area contributed by atoms with Gasteiger partial charge in [-0.2, -0.15) is 5.10 Å². The van der Waals surface area contributed by atoms with E-state index < -0.39 is 0 Å². The lowest BCUT2D eigenvalue weighted by Gasteiger charge is -2.18. The van der Waals surface area contributed by atoms with E-state index in [4.69, 9.17) is 9.47 Å². The second-order valence-electron chi connectivity index (χ2n) is 4.68. The predicted octanol–water partition coefficient (Wildman–Crippen LogP) is 1.71. The minimum atomic E-state index is -0.0860. The summed E-state index contributed by atoms with van der Waals surface area (Å²) in [7, 11) is 6.72. The molecule has 0 bridgehead atoms. The van der Waals surface area contributed by atoms with Crippen molar-refractivity contribution in [1.82, 2.24) is 14.7 Å². The number of carbonyl (C=O) groups excluding carboxylic acids is 1. The summed E-state index contributed by atoms with van der Waals surface area (Å²) >= 11 is 0. The Kier molecular flexibility index (Phi) is 4.47. The van der Waals surface area contributed by atoms with E-state index in [9.17, 15) is 4.79 Å². The van der Waals surface area contributed by atoms with Gasteiger partial charge in [0.05, 0.1) is 26.5 Å². The maximum absolute atomic E-state index is 12.4. The topological polar surface area (TPSA) is 56.6 Å². The third-order valence-electron chi connectivity index (χ3n) is 3.30. The Bertz CT molecular complexity index is 637. The van der Waals surface area contributed by atoms with Crippen molar-refractivity contribution in [3.05, 3.63) is 41.7 Å². The van der Waals surface area contributed by atoms with Gasteiger partial charge in [0, 0.05) is 25.9 Å². The maximum atomic E-state index is 12.4. The zero-order chi connectivity index (χ0) is 15.4. The van der Waals surface area contributed by atoms with E-state index in [0.717, 1.165) is 5.69 Å².